The van der Waals surface area contributed by atoms with Gasteiger partial charge in [0.05, 0.1) is 28.2 Å². The van der Waals surface area contributed by atoms with Gasteiger partial charge < -0.3 is 5.32 Å². The maximum absolute atomic E-state index is 13.2. The highest BCUT2D eigenvalue weighted by molar-refractivity contribution is 8.00. The normalized spacial score (nSPS) is 11.6. The number of alkyl halides is 3. The average molecular weight is 444 g/mol. The molecule has 158 valence electrons. The summed E-state index contributed by atoms with van der Waals surface area (Å²) in [5, 5.41) is 7.91. The second-order valence-electron chi connectivity index (χ2n) is 6.50. The number of nitrogens with zero attached hydrogens (tertiary/aromatic N) is 5. The van der Waals surface area contributed by atoms with Gasteiger partial charge >= 0.3 is 6.18 Å². The lowest BCUT2D eigenvalue weighted by molar-refractivity contribution is -0.137. The Balaban J connectivity index is 1.57. The molecule has 1 N–H and O–H groups in total. The number of amides is 1. The number of hydrogen-bond donors (Lipinski definition) is 1. The molecule has 7 nitrogen and oxygen atoms in total. The van der Waals surface area contributed by atoms with E-state index >= 15 is 0 Å². The number of anilines is 1. The molecule has 0 radical (unpaired) electrons. The van der Waals surface area contributed by atoms with Gasteiger partial charge in [0, 0.05) is 5.39 Å². The predicted octanol–water partition coefficient (Wildman–Crippen LogP) is 4.27. The van der Waals surface area contributed by atoms with Gasteiger partial charge in [0.25, 0.3) is 0 Å². The number of carbonyl (C=O) groups excluding carboxylic acids is 1. The fourth-order valence-corrected chi connectivity index (χ4v) is 3.80. The van der Waals surface area contributed by atoms with Crippen LogP contribution in [-0.4, -0.2) is 36.4 Å². The number of fused-ring (bicyclic) bond motifs is 1. The summed E-state index contributed by atoms with van der Waals surface area (Å²) in [6.07, 6.45) is -1.96. The molecule has 0 unspecified atom stereocenters. The first-order chi connectivity index (χ1) is 14.8. The SMILES string of the molecule is Cc1nc(SCC(=O)Nc2cc(C(F)(F)F)ccc2-n2cncn2)c2ccccc2n1. The van der Waals surface area contributed by atoms with E-state index in [-0.39, 0.29) is 17.1 Å². The van der Waals surface area contributed by atoms with Crippen molar-refractivity contribution in [1.82, 2.24) is 24.7 Å². The van der Waals surface area contributed by atoms with Crippen LogP contribution >= 0.6 is 11.8 Å². The minimum absolute atomic E-state index is 0.0188. The van der Waals surface area contributed by atoms with Gasteiger partial charge in [0.2, 0.25) is 5.91 Å². The molecule has 2 aromatic carbocycles. The summed E-state index contributed by atoms with van der Waals surface area (Å²) in [5.74, 6) is 0.0343. The van der Waals surface area contributed by atoms with Crippen LogP contribution in [0.2, 0.25) is 0 Å². The molecule has 0 bridgehead atoms. The van der Waals surface area contributed by atoms with Crippen molar-refractivity contribution in [3.63, 3.8) is 0 Å². The number of thioether (sulfide) groups is 1. The highest BCUT2D eigenvalue weighted by Crippen LogP contribution is 2.33. The van der Waals surface area contributed by atoms with Crippen molar-refractivity contribution in [2.45, 2.75) is 18.1 Å². The van der Waals surface area contributed by atoms with Gasteiger partial charge in [-0.2, -0.15) is 18.3 Å². The molecule has 0 aliphatic rings. The summed E-state index contributed by atoms with van der Waals surface area (Å²) in [7, 11) is 0. The third-order valence-electron chi connectivity index (χ3n) is 4.28. The number of nitrogens with one attached hydrogen (secondary N) is 1. The molecule has 2 aromatic heterocycles. The maximum Gasteiger partial charge on any atom is 0.416 e. The first-order valence-electron chi connectivity index (χ1n) is 9.03. The molecule has 1 amide bonds. The molecule has 0 saturated heterocycles. The molecular formula is C20H15F3N6OS. The summed E-state index contributed by atoms with van der Waals surface area (Å²) < 4.78 is 40.8. The second-order valence-corrected chi connectivity index (χ2v) is 7.46. The Hall–Kier alpha value is -3.47. The van der Waals surface area contributed by atoms with E-state index in [2.05, 4.69) is 25.4 Å². The third kappa shape index (κ3) is 4.66. The molecule has 4 rings (SSSR count). The van der Waals surface area contributed by atoms with Crippen LogP contribution in [0, 0.1) is 6.92 Å². The van der Waals surface area contributed by atoms with E-state index in [0.717, 1.165) is 23.0 Å². The molecular weight excluding hydrogens is 429 g/mol. The lowest BCUT2D eigenvalue weighted by atomic mass is 10.1. The largest absolute Gasteiger partial charge is 0.416 e. The molecule has 0 aliphatic carbocycles. The maximum atomic E-state index is 13.2. The lowest BCUT2D eigenvalue weighted by Gasteiger charge is -2.14. The minimum Gasteiger partial charge on any atom is -0.323 e. The van der Waals surface area contributed by atoms with Gasteiger partial charge in [-0.1, -0.05) is 30.0 Å². The van der Waals surface area contributed by atoms with Crippen LogP contribution in [0.15, 0.2) is 60.1 Å². The monoisotopic (exact) mass is 444 g/mol. The summed E-state index contributed by atoms with van der Waals surface area (Å²) in [4.78, 5) is 25.1. The Kier molecular flexibility index (Phi) is 5.59. The van der Waals surface area contributed by atoms with Crippen molar-refractivity contribution in [2.75, 3.05) is 11.1 Å². The third-order valence-corrected chi connectivity index (χ3v) is 5.27. The number of benzene rings is 2. The number of rotatable bonds is 5. The van der Waals surface area contributed by atoms with E-state index in [1.54, 1.807) is 6.92 Å². The Labute approximate surface area is 178 Å². The van der Waals surface area contributed by atoms with Crippen LogP contribution in [-0.2, 0) is 11.0 Å². The number of halogens is 3. The van der Waals surface area contributed by atoms with Crippen LogP contribution in [0.5, 0.6) is 0 Å². The van der Waals surface area contributed by atoms with Crippen LogP contribution in [0.3, 0.4) is 0 Å². The van der Waals surface area contributed by atoms with Crippen molar-refractivity contribution in [3.05, 3.63) is 66.5 Å². The molecule has 0 atom stereocenters. The van der Waals surface area contributed by atoms with Gasteiger partial charge in [-0.15, -0.1) is 0 Å². The van der Waals surface area contributed by atoms with Crippen LogP contribution in [0.4, 0.5) is 18.9 Å². The van der Waals surface area contributed by atoms with Gasteiger partial charge in [-0.25, -0.2) is 19.6 Å². The Bertz CT molecular complexity index is 1240. The number of carbonyl (C=O) groups is 1. The lowest BCUT2D eigenvalue weighted by Crippen LogP contribution is -2.17. The fraction of sp³-hybridized carbons (Fsp3) is 0.150. The van der Waals surface area contributed by atoms with Crippen molar-refractivity contribution in [2.24, 2.45) is 0 Å². The van der Waals surface area contributed by atoms with Crippen molar-refractivity contribution in [3.8, 4) is 5.69 Å². The summed E-state index contributed by atoms with van der Waals surface area (Å²) >= 11 is 1.18. The average Bonchev–Trinajstić information content (AvgIpc) is 3.26. The van der Waals surface area contributed by atoms with E-state index in [0.29, 0.717) is 10.9 Å². The molecule has 31 heavy (non-hydrogen) atoms. The Morgan fingerprint density at radius 1 is 1.16 bits per heavy atom. The van der Waals surface area contributed by atoms with E-state index in [1.807, 2.05) is 24.3 Å². The highest BCUT2D eigenvalue weighted by atomic mass is 32.2. The van der Waals surface area contributed by atoms with Gasteiger partial charge in [-0.3, -0.25) is 4.79 Å². The highest BCUT2D eigenvalue weighted by Gasteiger charge is 2.31. The van der Waals surface area contributed by atoms with Crippen LogP contribution < -0.4 is 5.32 Å². The topological polar surface area (TPSA) is 85.6 Å². The van der Waals surface area contributed by atoms with E-state index in [4.69, 9.17) is 0 Å². The predicted molar refractivity (Wildman–Crippen MR) is 110 cm³/mol. The van der Waals surface area contributed by atoms with E-state index in [1.165, 1.54) is 35.2 Å². The summed E-state index contributed by atoms with van der Waals surface area (Å²) in [6.45, 7) is 1.75. The number of para-hydroxylation sites is 1. The van der Waals surface area contributed by atoms with Gasteiger partial charge in [0.1, 0.15) is 23.5 Å². The smallest absolute Gasteiger partial charge is 0.323 e. The fourth-order valence-electron chi connectivity index (χ4n) is 2.93. The standard InChI is InChI=1S/C20H15F3N6OS/c1-12-26-15-5-3-2-4-14(15)19(27-12)31-9-18(30)28-16-8-13(20(21,22)23)6-7-17(16)29-11-24-10-25-29/h2-8,10-11H,9H2,1H3,(H,28,30). The van der Waals surface area contributed by atoms with E-state index in [9.17, 15) is 18.0 Å². The molecule has 0 spiro atoms. The second kappa shape index (κ2) is 8.34. The summed E-state index contributed by atoms with van der Waals surface area (Å²) in [6, 6.07) is 10.4. The van der Waals surface area contributed by atoms with Gasteiger partial charge in [-0.05, 0) is 31.2 Å². The number of hydrogen-bond acceptors (Lipinski definition) is 6. The number of aryl methyl sites for hydroxylation is 1. The molecule has 4 aromatic rings. The van der Waals surface area contributed by atoms with Crippen LogP contribution in [0.1, 0.15) is 11.4 Å². The molecule has 2 heterocycles. The zero-order valence-corrected chi connectivity index (χ0v) is 16.9. The molecule has 11 heteroatoms. The zero-order valence-electron chi connectivity index (χ0n) is 16.1. The summed E-state index contributed by atoms with van der Waals surface area (Å²) in [5.41, 5.74) is 0.128. The van der Waals surface area contributed by atoms with Crippen LogP contribution in [0.25, 0.3) is 16.6 Å². The molecule has 0 fully saturated rings. The van der Waals surface area contributed by atoms with E-state index < -0.39 is 17.6 Å². The number of aromatic nitrogens is 5. The van der Waals surface area contributed by atoms with Crippen molar-refractivity contribution < 1.29 is 18.0 Å². The minimum atomic E-state index is -4.55. The van der Waals surface area contributed by atoms with Gasteiger partial charge in [0.15, 0.2) is 0 Å². The molecule has 0 aliphatic heterocycles. The molecule has 0 saturated carbocycles. The Morgan fingerprint density at radius 3 is 2.71 bits per heavy atom. The van der Waals surface area contributed by atoms with Crippen molar-refractivity contribution >= 4 is 34.3 Å². The quantitative estimate of drug-likeness (QED) is 0.366. The first kappa shape index (κ1) is 20.8. The Morgan fingerprint density at radius 2 is 1.97 bits per heavy atom. The van der Waals surface area contributed by atoms with Crippen molar-refractivity contribution in [1.29, 1.82) is 0 Å². The first-order valence-corrected chi connectivity index (χ1v) is 10.0. The zero-order chi connectivity index (χ0) is 22.0.